The highest BCUT2D eigenvalue weighted by Crippen LogP contribution is 2.24. The molecule has 28 heavy (non-hydrogen) atoms. The van der Waals surface area contributed by atoms with E-state index in [2.05, 4.69) is 10.3 Å². The van der Waals surface area contributed by atoms with E-state index in [1.54, 1.807) is 13.0 Å². The van der Waals surface area contributed by atoms with E-state index in [0.717, 1.165) is 17.3 Å². The van der Waals surface area contributed by atoms with Gasteiger partial charge in [0.05, 0.1) is 12.1 Å². The van der Waals surface area contributed by atoms with Crippen LogP contribution in [0.15, 0.2) is 36.4 Å². The Morgan fingerprint density at radius 3 is 2.68 bits per heavy atom. The summed E-state index contributed by atoms with van der Waals surface area (Å²) in [5.74, 6) is -0.260. The molecule has 2 aromatic rings. The lowest BCUT2D eigenvalue weighted by molar-refractivity contribution is -0.129. The largest absolute Gasteiger partial charge is 0.477 e. The van der Waals surface area contributed by atoms with Crippen LogP contribution in [0.25, 0.3) is 17.0 Å². The van der Waals surface area contributed by atoms with Crippen LogP contribution in [0.1, 0.15) is 46.1 Å². The van der Waals surface area contributed by atoms with Gasteiger partial charge in [-0.2, -0.15) is 0 Å². The molecule has 0 saturated heterocycles. The molecule has 1 heterocycles. The van der Waals surface area contributed by atoms with Gasteiger partial charge in [0, 0.05) is 17.0 Å². The number of benzene rings is 1. The molecule has 0 fully saturated rings. The molecule has 6 nitrogen and oxygen atoms in total. The molecule has 0 aliphatic heterocycles. The first kappa shape index (κ1) is 21.4. The van der Waals surface area contributed by atoms with E-state index in [1.807, 2.05) is 51.1 Å². The molecule has 0 aliphatic carbocycles. The van der Waals surface area contributed by atoms with Crippen molar-refractivity contribution in [2.45, 2.75) is 46.1 Å². The number of nitrogens with one attached hydrogen (secondary N) is 1. The highest BCUT2D eigenvalue weighted by Gasteiger charge is 2.32. The molecule has 0 saturated carbocycles. The summed E-state index contributed by atoms with van der Waals surface area (Å²) in [6, 6.07) is 9.65. The number of fused-ring (bicyclic) bond motifs is 1. The maximum atomic E-state index is 12.4. The molecule has 2 amide bonds. The van der Waals surface area contributed by atoms with Crippen molar-refractivity contribution in [3.63, 3.8) is 0 Å². The van der Waals surface area contributed by atoms with Gasteiger partial charge in [0.2, 0.25) is 17.7 Å². The fraction of sp³-hybridized carbons (Fsp3) is 0.409. The summed E-state index contributed by atoms with van der Waals surface area (Å²) < 4.78 is 5.75. The number of pyridine rings is 1. The minimum Gasteiger partial charge on any atom is -0.477 e. The number of carbonyl (C=O) groups is 2. The van der Waals surface area contributed by atoms with E-state index in [9.17, 15) is 9.59 Å². The lowest BCUT2D eigenvalue weighted by atomic mass is 9.90. The summed E-state index contributed by atoms with van der Waals surface area (Å²) in [6.07, 6.45) is 4.34. The van der Waals surface area contributed by atoms with Crippen LogP contribution in [0.3, 0.4) is 0 Å². The lowest BCUT2D eigenvalue weighted by Gasteiger charge is -2.28. The summed E-state index contributed by atoms with van der Waals surface area (Å²) in [5, 5.41) is 3.68. The number of amides is 2. The van der Waals surface area contributed by atoms with Gasteiger partial charge in [0.1, 0.15) is 5.54 Å². The summed E-state index contributed by atoms with van der Waals surface area (Å²) in [7, 11) is 0. The zero-order valence-corrected chi connectivity index (χ0v) is 17.0. The molecular formula is C22H29N3O3. The van der Waals surface area contributed by atoms with Crippen LogP contribution in [-0.2, 0) is 9.59 Å². The standard InChI is InChI=1S/C22H29N3O3/c1-5-12-28-20-17(13-16-8-6-7-9-18(16)24-20)10-11-19(26)25-22(4,21(23)27)14-15(2)3/h6-11,13,15H,5,12,14H2,1-4H3,(H2,23,27)(H,25,26)/b11-10+. The Balaban J connectivity index is 2.27. The van der Waals surface area contributed by atoms with Gasteiger partial charge < -0.3 is 15.8 Å². The van der Waals surface area contributed by atoms with Gasteiger partial charge >= 0.3 is 0 Å². The van der Waals surface area contributed by atoms with E-state index < -0.39 is 17.4 Å². The fourth-order valence-corrected chi connectivity index (χ4v) is 3.06. The third kappa shape index (κ3) is 5.55. The van der Waals surface area contributed by atoms with Crippen molar-refractivity contribution in [2.75, 3.05) is 6.61 Å². The molecule has 0 aliphatic rings. The van der Waals surface area contributed by atoms with Gasteiger partial charge in [-0.25, -0.2) is 4.98 Å². The van der Waals surface area contributed by atoms with Gasteiger partial charge in [0.25, 0.3) is 0 Å². The molecule has 3 N–H and O–H groups in total. The smallest absolute Gasteiger partial charge is 0.244 e. The molecule has 0 radical (unpaired) electrons. The summed E-state index contributed by atoms with van der Waals surface area (Å²) >= 11 is 0. The van der Waals surface area contributed by atoms with Crippen molar-refractivity contribution in [1.82, 2.24) is 10.3 Å². The second-order valence-corrected chi connectivity index (χ2v) is 7.54. The number of primary amides is 1. The molecule has 6 heteroatoms. The van der Waals surface area contributed by atoms with Crippen molar-refractivity contribution in [2.24, 2.45) is 11.7 Å². The van der Waals surface area contributed by atoms with Crippen molar-refractivity contribution in [3.8, 4) is 5.88 Å². The number of hydrogen-bond donors (Lipinski definition) is 2. The Morgan fingerprint density at radius 1 is 1.32 bits per heavy atom. The fourth-order valence-electron chi connectivity index (χ4n) is 3.06. The molecular weight excluding hydrogens is 354 g/mol. The predicted molar refractivity (Wildman–Crippen MR) is 112 cm³/mol. The molecule has 1 aromatic carbocycles. The van der Waals surface area contributed by atoms with E-state index in [-0.39, 0.29) is 5.92 Å². The summed E-state index contributed by atoms with van der Waals surface area (Å²) in [6.45, 7) is 8.15. The van der Waals surface area contributed by atoms with Crippen LogP contribution in [0, 0.1) is 5.92 Å². The molecule has 0 bridgehead atoms. The number of nitrogens with zero attached hydrogens (tertiary/aromatic N) is 1. The maximum Gasteiger partial charge on any atom is 0.244 e. The number of para-hydroxylation sites is 1. The third-order valence-electron chi connectivity index (χ3n) is 4.33. The number of carbonyl (C=O) groups excluding carboxylic acids is 2. The van der Waals surface area contributed by atoms with Crippen molar-refractivity contribution in [3.05, 3.63) is 42.0 Å². The molecule has 0 spiro atoms. The predicted octanol–water partition coefficient (Wildman–Crippen LogP) is 3.44. The van der Waals surface area contributed by atoms with Gasteiger partial charge in [-0.3, -0.25) is 9.59 Å². The average molecular weight is 383 g/mol. The van der Waals surface area contributed by atoms with E-state index in [0.29, 0.717) is 24.5 Å². The van der Waals surface area contributed by atoms with Crippen LogP contribution < -0.4 is 15.8 Å². The molecule has 1 atom stereocenters. The first-order valence-corrected chi connectivity index (χ1v) is 9.58. The Kier molecular flexibility index (Phi) is 7.15. The minimum atomic E-state index is -1.10. The molecule has 2 rings (SSSR count). The van der Waals surface area contributed by atoms with Crippen LogP contribution in [0.5, 0.6) is 5.88 Å². The zero-order chi connectivity index (χ0) is 20.7. The van der Waals surface area contributed by atoms with Crippen molar-refractivity contribution in [1.29, 1.82) is 0 Å². The number of rotatable bonds is 9. The van der Waals surface area contributed by atoms with Crippen LogP contribution in [0.4, 0.5) is 0 Å². The van der Waals surface area contributed by atoms with Crippen molar-refractivity contribution < 1.29 is 14.3 Å². The summed E-state index contributed by atoms with van der Waals surface area (Å²) in [5.41, 5.74) is 5.94. The first-order chi connectivity index (χ1) is 13.2. The van der Waals surface area contributed by atoms with E-state index in [4.69, 9.17) is 10.5 Å². The highest BCUT2D eigenvalue weighted by atomic mass is 16.5. The second kappa shape index (κ2) is 9.35. The quantitative estimate of drug-likeness (QED) is 0.649. The number of nitrogens with two attached hydrogens (primary N) is 1. The van der Waals surface area contributed by atoms with Crippen LogP contribution >= 0.6 is 0 Å². The maximum absolute atomic E-state index is 12.4. The number of hydrogen-bond acceptors (Lipinski definition) is 4. The van der Waals surface area contributed by atoms with Crippen molar-refractivity contribution >= 4 is 28.8 Å². The monoisotopic (exact) mass is 383 g/mol. The Labute approximate surface area is 166 Å². The lowest BCUT2D eigenvalue weighted by Crippen LogP contribution is -2.55. The molecule has 150 valence electrons. The van der Waals surface area contributed by atoms with Gasteiger partial charge in [0.15, 0.2) is 0 Å². The van der Waals surface area contributed by atoms with Gasteiger partial charge in [-0.15, -0.1) is 0 Å². The van der Waals surface area contributed by atoms with Gasteiger partial charge in [-0.05, 0) is 43.9 Å². The van der Waals surface area contributed by atoms with Crippen LogP contribution in [0.2, 0.25) is 0 Å². The normalized spacial score (nSPS) is 13.6. The SMILES string of the molecule is CCCOc1nc2ccccc2cc1/C=C/C(=O)NC(C)(CC(C)C)C(N)=O. The van der Waals surface area contributed by atoms with E-state index in [1.165, 1.54) is 6.08 Å². The second-order valence-electron chi connectivity index (χ2n) is 7.54. The number of aromatic nitrogens is 1. The van der Waals surface area contributed by atoms with Gasteiger partial charge in [-0.1, -0.05) is 39.0 Å². The Morgan fingerprint density at radius 2 is 2.04 bits per heavy atom. The van der Waals surface area contributed by atoms with Crippen LogP contribution in [-0.4, -0.2) is 28.9 Å². The third-order valence-corrected chi connectivity index (χ3v) is 4.33. The Bertz CT molecular complexity index is 876. The highest BCUT2D eigenvalue weighted by molar-refractivity contribution is 5.97. The number of ether oxygens (including phenoxy) is 1. The minimum absolute atomic E-state index is 0.209. The first-order valence-electron chi connectivity index (χ1n) is 9.58. The topological polar surface area (TPSA) is 94.3 Å². The summed E-state index contributed by atoms with van der Waals surface area (Å²) in [4.78, 5) is 28.8. The van der Waals surface area contributed by atoms with E-state index >= 15 is 0 Å². The zero-order valence-electron chi connectivity index (χ0n) is 17.0. The molecule has 1 aromatic heterocycles. The molecule has 1 unspecified atom stereocenters. The average Bonchev–Trinajstić information content (AvgIpc) is 2.63. The Hall–Kier alpha value is -2.89.